The molecule has 0 N–H and O–H groups in total. The van der Waals surface area contributed by atoms with Gasteiger partial charge in [-0.1, -0.05) is 48.5 Å². The lowest BCUT2D eigenvalue weighted by Crippen LogP contribution is -2.11. The molecule has 5 aromatic carbocycles. The lowest BCUT2D eigenvalue weighted by molar-refractivity contribution is -0.143. The molecule has 0 aliphatic heterocycles. The van der Waals surface area contributed by atoms with Crippen LogP contribution in [-0.4, -0.2) is 9.55 Å². The van der Waals surface area contributed by atoms with Gasteiger partial charge in [-0.2, -0.15) is 26.3 Å². The monoisotopic (exact) mass is 623 g/mol. The van der Waals surface area contributed by atoms with Crippen molar-refractivity contribution in [3.8, 4) is 16.8 Å². The molecule has 0 atom stereocenters. The van der Waals surface area contributed by atoms with Crippen molar-refractivity contribution in [2.75, 3.05) is 4.90 Å². The second-order valence-corrected chi connectivity index (χ2v) is 10.8. The highest BCUT2D eigenvalue weighted by molar-refractivity contribution is 6.10. The molecule has 228 valence electrons. The van der Waals surface area contributed by atoms with E-state index < -0.39 is 23.5 Å². The molecule has 3 nitrogen and oxygen atoms in total. The predicted molar refractivity (Wildman–Crippen MR) is 169 cm³/mol. The van der Waals surface area contributed by atoms with Crippen molar-refractivity contribution < 1.29 is 26.3 Å². The minimum Gasteiger partial charge on any atom is -0.310 e. The number of hydrogen-bond donors (Lipinski definition) is 0. The van der Waals surface area contributed by atoms with Crippen LogP contribution in [0.5, 0.6) is 0 Å². The summed E-state index contributed by atoms with van der Waals surface area (Å²) in [7, 11) is 0. The Bertz CT molecular complexity index is 2100. The Kier molecular flexibility index (Phi) is 7.04. The molecule has 0 spiro atoms. The van der Waals surface area contributed by atoms with Gasteiger partial charge in [-0.25, -0.2) is 0 Å². The Balaban J connectivity index is 1.35. The van der Waals surface area contributed by atoms with Crippen LogP contribution in [0.25, 0.3) is 38.6 Å². The summed E-state index contributed by atoms with van der Waals surface area (Å²) in [6.45, 7) is 0. The topological polar surface area (TPSA) is 21.1 Å². The third-order valence-corrected chi connectivity index (χ3v) is 7.88. The number of hydrogen-bond acceptors (Lipinski definition) is 2. The number of fused-ring (bicyclic) bond motifs is 3. The average Bonchev–Trinajstić information content (AvgIpc) is 3.39. The molecule has 0 fully saturated rings. The summed E-state index contributed by atoms with van der Waals surface area (Å²) in [4.78, 5) is 6.51. The largest absolute Gasteiger partial charge is 0.416 e. The fourth-order valence-corrected chi connectivity index (χ4v) is 5.80. The van der Waals surface area contributed by atoms with Crippen molar-refractivity contribution in [2.45, 2.75) is 12.4 Å². The number of nitrogens with zero attached hydrogens (tertiary/aromatic N) is 3. The summed E-state index contributed by atoms with van der Waals surface area (Å²) in [5.41, 5.74) is 2.63. The third kappa shape index (κ3) is 5.34. The smallest absolute Gasteiger partial charge is 0.310 e. The molecule has 7 rings (SSSR count). The Morgan fingerprint density at radius 1 is 0.500 bits per heavy atom. The van der Waals surface area contributed by atoms with Gasteiger partial charge in [0, 0.05) is 45.9 Å². The second-order valence-electron chi connectivity index (χ2n) is 10.8. The fraction of sp³-hybridized carbons (Fsp3) is 0.0541. The van der Waals surface area contributed by atoms with Crippen molar-refractivity contribution in [3.63, 3.8) is 0 Å². The van der Waals surface area contributed by atoms with Gasteiger partial charge < -0.3 is 9.47 Å². The summed E-state index contributed by atoms with van der Waals surface area (Å²) < 4.78 is 82.9. The molecule has 7 aromatic rings. The number of anilines is 3. The minimum absolute atomic E-state index is 0.134. The van der Waals surface area contributed by atoms with Gasteiger partial charge in [0.2, 0.25) is 0 Å². The van der Waals surface area contributed by atoms with Gasteiger partial charge in [-0.3, -0.25) is 4.98 Å². The quantitative estimate of drug-likeness (QED) is 0.178. The van der Waals surface area contributed by atoms with Crippen molar-refractivity contribution in [1.29, 1.82) is 0 Å². The van der Waals surface area contributed by atoms with E-state index >= 15 is 0 Å². The zero-order chi connectivity index (χ0) is 32.1. The van der Waals surface area contributed by atoms with Crippen molar-refractivity contribution in [3.05, 3.63) is 151 Å². The lowest BCUT2D eigenvalue weighted by Gasteiger charge is -2.25. The van der Waals surface area contributed by atoms with Gasteiger partial charge in [-0.05, 0) is 90.0 Å². The number of halogens is 6. The maximum atomic E-state index is 13.5. The molecular formula is C37H23F6N3. The van der Waals surface area contributed by atoms with Gasteiger partial charge >= 0.3 is 12.4 Å². The van der Waals surface area contributed by atoms with E-state index in [2.05, 4.69) is 16.0 Å². The number of alkyl halides is 6. The molecule has 46 heavy (non-hydrogen) atoms. The first-order valence-corrected chi connectivity index (χ1v) is 14.3. The Labute approximate surface area is 259 Å². The summed E-state index contributed by atoms with van der Waals surface area (Å²) in [5, 5.41) is 1.81. The first-order chi connectivity index (χ1) is 22.1. The Morgan fingerprint density at radius 3 is 1.63 bits per heavy atom. The van der Waals surface area contributed by atoms with E-state index in [0.29, 0.717) is 5.69 Å². The van der Waals surface area contributed by atoms with E-state index in [9.17, 15) is 26.3 Å². The predicted octanol–water partition coefficient (Wildman–Crippen LogP) is 11.4. The van der Waals surface area contributed by atoms with Crippen LogP contribution in [0, 0.1) is 0 Å². The normalized spacial score (nSPS) is 12.1. The summed E-state index contributed by atoms with van der Waals surface area (Å²) in [6, 6.07) is 36.0. The lowest BCUT2D eigenvalue weighted by atomic mass is 9.99. The minimum atomic E-state index is -4.93. The Hall–Kier alpha value is -5.57. The molecule has 0 unspecified atom stereocenters. The van der Waals surface area contributed by atoms with E-state index in [4.69, 9.17) is 0 Å². The molecule has 2 heterocycles. The van der Waals surface area contributed by atoms with Gasteiger partial charge in [-0.15, -0.1) is 0 Å². The van der Waals surface area contributed by atoms with Crippen LogP contribution in [0.15, 0.2) is 140 Å². The van der Waals surface area contributed by atoms with Gasteiger partial charge in [0.25, 0.3) is 0 Å². The summed E-state index contributed by atoms with van der Waals surface area (Å²) >= 11 is 0. The molecule has 0 aliphatic carbocycles. The molecule has 0 saturated carbocycles. The first-order valence-electron chi connectivity index (χ1n) is 14.3. The van der Waals surface area contributed by atoms with Gasteiger partial charge in [0.05, 0.1) is 22.2 Å². The van der Waals surface area contributed by atoms with Crippen molar-refractivity contribution >= 4 is 38.9 Å². The first kappa shape index (κ1) is 29.2. The summed E-state index contributed by atoms with van der Waals surface area (Å²) in [6.07, 6.45) is -6.40. The van der Waals surface area contributed by atoms with Crippen LogP contribution >= 0.6 is 0 Å². The molecule has 0 radical (unpaired) electrons. The van der Waals surface area contributed by atoms with Crippen LogP contribution in [0.1, 0.15) is 11.1 Å². The van der Waals surface area contributed by atoms with E-state index in [1.54, 1.807) is 24.5 Å². The third-order valence-electron chi connectivity index (χ3n) is 7.88. The van der Waals surface area contributed by atoms with E-state index in [0.717, 1.165) is 51.0 Å². The number of para-hydroxylation sites is 2. The maximum absolute atomic E-state index is 13.5. The molecule has 0 amide bonds. The van der Waals surface area contributed by atoms with E-state index in [-0.39, 0.29) is 17.2 Å². The highest BCUT2D eigenvalue weighted by Gasteiger charge is 2.37. The molecular weight excluding hydrogens is 600 g/mol. The zero-order valence-corrected chi connectivity index (χ0v) is 23.9. The number of benzene rings is 5. The highest BCUT2D eigenvalue weighted by Crippen LogP contribution is 2.41. The zero-order valence-electron chi connectivity index (χ0n) is 23.9. The van der Waals surface area contributed by atoms with Crippen LogP contribution in [0.4, 0.5) is 43.4 Å². The maximum Gasteiger partial charge on any atom is 0.416 e. The van der Waals surface area contributed by atoms with Crippen molar-refractivity contribution in [1.82, 2.24) is 9.55 Å². The Morgan fingerprint density at radius 2 is 1.07 bits per heavy atom. The average molecular weight is 624 g/mol. The van der Waals surface area contributed by atoms with Crippen LogP contribution in [-0.2, 0) is 12.4 Å². The SMILES string of the molecule is FC(F)(F)c1cc(-c2ccc(-n3c4ccncc4c4cc(N(c5ccccc5)c5ccccc5)ccc43)cc2)cc(C(F)(F)F)c1. The van der Waals surface area contributed by atoms with E-state index in [1.165, 1.54) is 12.1 Å². The van der Waals surface area contributed by atoms with Gasteiger partial charge in [0.15, 0.2) is 0 Å². The molecule has 0 saturated heterocycles. The second kappa shape index (κ2) is 11.1. The van der Waals surface area contributed by atoms with Crippen LogP contribution < -0.4 is 4.90 Å². The number of aromatic nitrogens is 2. The van der Waals surface area contributed by atoms with Crippen molar-refractivity contribution in [2.24, 2.45) is 0 Å². The molecule has 9 heteroatoms. The number of pyridine rings is 1. The van der Waals surface area contributed by atoms with E-state index in [1.807, 2.05) is 83.4 Å². The number of rotatable bonds is 5. The standard InChI is InChI=1S/C37H23F6N3/c38-36(39,40)26-19-25(20-27(21-26)37(41,42)43)24-11-13-30(14-12-24)46-34-16-15-31(22-32(34)33-23-44-18-17-35(33)46)45(28-7-3-1-4-8-28)29-9-5-2-6-10-29/h1-23H. The van der Waals surface area contributed by atoms with Crippen LogP contribution in [0.2, 0.25) is 0 Å². The highest BCUT2D eigenvalue weighted by atomic mass is 19.4. The van der Waals surface area contributed by atoms with Gasteiger partial charge in [0.1, 0.15) is 0 Å². The molecule has 0 aliphatic rings. The fourth-order valence-electron chi connectivity index (χ4n) is 5.80. The molecule has 0 bridgehead atoms. The molecule has 2 aromatic heterocycles. The summed E-state index contributed by atoms with van der Waals surface area (Å²) in [5.74, 6) is 0. The van der Waals surface area contributed by atoms with Crippen LogP contribution in [0.3, 0.4) is 0 Å².